The summed E-state index contributed by atoms with van der Waals surface area (Å²) in [5.74, 6) is 0. The zero-order chi connectivity index (χ0) is 12.3. The highest BCUT2D eigenvalue weighted by Crippen LogP contribution is 2.20. The number of hydrogen-bond donors (Lipinski definition) is 1. The molecule has 1 saturated carbocycles. The molecule has 102 valence electrons. The number of ether oxygens (including phenoxy) is 1. The summed E-state index contributed by atoms with van der Waals surface area (Å²) in [6, 6.07) is 0.299. The van der Waals surface area contributed by atoms with Crippen molar-refractivity contribution in [1.29, 1.82) is 0 Å². The minimum atomic E-state index is 0.299. The monoisotopic (exact) mass is 241 g/mol. The fourth-order valence-corrected chi connectivity index (χ4v) is 2.63. The van der Waals surface area contributed by atoms with Crippen LogP contribution in [-0.4, -0.2) is 18.8 Å². The van der Waals surface area contributed by atoms with Crippen LogP contribution in [0.5, 0.6) is 0 Å². The summed E-state index contributed by atoms with van der Waals surface area (Å²) in [5, 5.41) is 0. The first-order valence-corrected chi connectivity index (χ1v) is 7.71. The fraction of sp³-hybridized carbons (Fsp3) is 1.00. The van der Waals surface area contributed by atoms with E-state index in [9.17, 15) is 0 Å². The normalized spacial score (nSPS) is 25.1. The maximum Gasteiger partial charge on any atom is 0.0725 e. The van der Waals surface area contributed by atoms with Crippen molar-refractivity contribution >= 4 is 0 Å². The van der Waals surface area contributed by atoms with Crippen LogP contribution in [-0.2, 0) is 4.74 Å². The van der Waals surface area contributed by atoms with Gasteiger partial charge < -0.3 is 10.5 Å². The molecular weight excluding hydrogens is 210 g/mol. The first-order chi connectivity index (χ1) is 8.34. The smallest absolute Gasteiger partial charge is 0.0725 e. The molecule has 0 spiro atoms. The average molecular weight is 241 g/mol. The zero-order valence-corrected chi connectivity index (χ0v) is 11.6. The summed E-state index contributed by atoms with van der Waals surface area (Å²) in [6.45, 7) is 3.19. The third kappa shape index (κ3) is 7.05. The Bertz CT molecular complexity index is 172. The molecule has 0 aromatic carbocycles. The molecule has 0 bridgehead atoms. The minimum absolute atomic E-state index is 0.299. The van der Waals surface area contributed by atoms with Gasteiger partial charge in [-0.05, 0) is 19.3 Å². The predicted molar refractivity (Wildman–Crippen MR) is 74.2 cm³/mol. The third-order valence-electron chi connectivity index (χ3n) is 3.83. The van der Waals surface area contributed by atoms with Crippen LogP contribution in [0.3, 0.4) is 0 Å². The summed E-state index contributed by atoms with van der Waals surface area (Å²) in [6.07, 6.45) is 14.7. The van der Waals surface area contributed by atoms with Gasteiger partial charge in [-0.1, -0.05) is 58.3 Å². The zero-order valence-electron chi connectivity index (χ0n) is 11.6. The lowest BCUT2D eigenvalue weighted by molar-refractivity contribution is 0.0132. The Hall–Kier alpha value is -0.0800. The first-order valence-electron chi connectivity index (χ1n) is 7.71. The van der Waals surface area contributed by atoms with Crippen LogP contribution in [0.4, 0.5) is 0 Å². The van der Waals surface area contributed by atoms with Crippen molar-refractivity contribution in [2.45, 2.75) is 89.7 Å². The molecule has 1 aliphatic carbocycles. The second-order valence-electron chi connectivity index (χ2n) is 5.48. The number of hydrogen-bond acceptors (Lipinski definition) is 2. The van der Waals surface area contributed by atoms with Gasteiger partial charge in [0.1, 0.15) is 0 Å². The van der Waals surface area contributed by atoms with Gasteiger partial charge in [0.15, 0.2) is 0 Å². The maximum atomic E-state index is 6.05. The van der Waals surface area contributed by atoms with E-state index in [1.54, 1.807) is 0 Å². The van der Waals surface area contributed by atoms with Crippen molar-refractivity contribution in [2.75, 3.05) is 6.61 Å². The molecule has 0 heterocycles. The molecule has 0 aliphatic heterocycles. The SMILES string of the molecule is CCCCCCCCCOC1CCCCC1N. The lowest BCUT2D eigenvalue weighted by Crippen LogP contribution is -2.39. The van der Waals surface area contributed by atoms with Crippen LogP contribution in [0, 0.1) is 0 Å². The summed E-state index contributed by atoms with van der Waals surface area (Å²) in [4.78, 5) is 0. The highest BCUT2D eigenvalue weighted by atomic mass is 16.5. The molecular formula is C15H31NO. The highest BCUT2D eigenvalue weighted by Gasteiger charge is 2.21. The molecule has 0 radical (unpaired) electrons. The van der Waals surface area contributed by atoms with Crippen molar-refractivity contribution in [2.24, 2.45) is 5.73 Å². The molecule has 0 amide bonds. The van der Waals surface area contributed by atoms with Crippen molar-refractivity contribution in [3.63, 3.8) is 0 Å². The Morgan fingerprint density at radius 1 is 0.941 bits per heavy atom. The summed E-state index contributed by atoms with van der Waals surface area (Å²) >= 11 is 0. The van der Waals surface area contributed by atoms with E-state index in [2.05, 4.69) is 6.92 Å². The molecule has 2 nitrogen and oxygen atoms in total. The van der Waals surface area contributed by atoms with Gasteiger partial charge in [-0.3, -0.25) is 0 Å². The molecule has 1 aliphatic rings. The topological polar surface area (TPSA) is 35.2 Å². The van der Waals surface area contributed by atoms with E-state index in [0.717, 1.165) is 13.0 Å². The van der Waals surface area contributed by atoms with Crippen LogP contribution in [0.2, 0.25) is 0 Å². The maximum absolute atomic E-state index is 6.05. The van der Waals surface area contributed by atoms with Crippen molar-refractivity contribution in [1.82, 2.24) is 0 Å². The lowest BCUT2D eigenvalue weighted by Gasteiger charge is -2.28. The van der Waals surface area contributed by atoms with Crippen molar-refractivity contribution in [3.8, 4) is 0 Å². The van der Waals surface area contributed by atoms with E-state index in [0.29, 0.717) is 12.1 Å². The Labute approximate surface area is 107 Å². The van der Waals surface area contributed by atoms with E-state index < -0.39 is 0 Å². The molecule has 17 heavy (non-hydrogen) atoms. The van der Waals surface area contributed by atoms with Gasteiger partial charge in [0, 0.05) is 12.6 Å². The van der Waals surface area contributed by atoms with E-state index in [1.165, 1.54) is 64.2 Å². The molecule has 2 unspecified atom stereocenters. The van der Waals surface area contributed by atoms with Crippen molar-refractivity contribution in [3.05, 3.63) is 0 Å². The van der Waals surface area contributed by atoms with Crippen LogP contribution < -0.4 is 5.73 Å². The number of rotatable bonds is 9. The Kier molecular flexibility index (Phi) is 8.72. The molecule has 0 saturated heterocycles. The Morgan fingerprint density at radius 2 is 1.59 bits per heavy atom. The van der Waals surface area contributed by atoms with Crippen LogP contribution in [0.25, 0.3) is 0 Å². The number of unbranched alkanes of at least 4 members (excludes halogenated alkanes) is 6. The van der Waals surface area contributed by atoms with Gasteiger partial charge in [0.25, 0.3) is 0 Å². The molecule has 0 aromatic rings. The molecule has 0 aromatic heterocycles. The summed E-state index contributed by atoms with van der Waals surface area (Å²) in [5.41, 5.74) is 6.05. The molecule has 1 fully saturated rings. The predicted octanol–water partition coefficient (Wildman–Crippen LogP) is 4.02. The molecule has 1 rings (SSSR count). The van der Waals surface area contributed by atoms with Gasteiger partial charge in [0.2, 0.25) is 0 Å². The summed E-state index contributed by atoms with van der Waals surface area (Å²) in [7, 11) is 0. The standard InChI is InChI=1S/C15H31NO/c1-2-3-4-5-6-7-10-13-17-15-12-9-8-11-14(15)16/h14-15H,2-13,16H2,1H3. The average Bonchev–Trinajstić information content (AvgIpc) is 2.35. The van der Waals surface area contributed by atoms with Gasteiger partial charge in [-0.2, -0.15) is 0 Å². The minimum Gasteiger partial charge on any atom is -0.377 e. The highest BCUT2D eigenvalue weighted by molar-refractivity contribution is 4.78. The van der Waals surface area contributed by atoms with E-state index in [-0.39, 0.29) is 0 Å². The van der Waals surface area contributed by atoms with Gasteiger partial charge >= 0.3 is 0 Å². The van der Waals surface area contributed by atoms with Crippen LogP contribution in [0.1, 0.15) is 77.6 Å². The number of nitrogens with two attached hydrogens (primary N) is 1. The van der Waals surface area contributed by atoms with Gasteiger partial charge in [-0.15, -0.1) is 0 Å². The quantitative estimate of drug-likeness (QED) is 0.619. The Morgan fingerprint density at radius 3 is 2.29 bits per heavy atom. The Balaban J connectivity index is 1.86. The molecule has 2 N–H and O–H groups in total. The van der Waals surface area contributed by atoms with Crippen LogP contribution in [0.15, 0.2) is 0 Å². The third-order valence-corrected chi connectivity index (χ3v) is 3.83. The van der Waals surface area contributed by atoms with E-state index in [1.807, 2.05) is 0 Å². The van der Waals surface area contributed by atoms with E-state index in [4.69, 9.17) is 10.5 Å². The van der Waals surface area contributed by atoms with Crippen LogP contribution >= 0.6 is 0 Å². The second-order valence-corrected chi connectivity index (χ2v) is 5.48. The summed E-state index contributed by atoms with van der Waals surface area (Å²) < 4.78 is 5.90. The van der Waals surface area contributed by atoms with Crippen molar-refractivity contribution < 1.29 is 4.74 Å². The first kappa shape index (κ1) is 15.0. The van der Waals surface area contributed by atoms with Gasteiger partial charge in [0.05, 0.1) is 6.10 Å². The molecule has 2 heteroatoms. The van der Waals surface area contributed by atoms with E-state index >= 15 is 0 Å². The second kappa shape index (κ2) is 9.90. The van der Waals surface area contributed by atoms with Gasteiger partial charge in [-0.25, -0.2) is 0 Å². The largest absolute Gasteiger partial charge is 0.377 e. The fourth-order valence-electron chi connectivity index (χ4n) is 2.63. The lowest BCUT2D eigenvalue weighted by atomic mass is 9.93. The molecule has 2 atom stereocenters.